The second-order valence-corrected chi connectivity index (χ2v) is 6.58. The molecule has 9 heavy (non-hydrogen) atoms. The van der Waals surface area contributed by atoms with Crippen molar-refractivity contribution in [2.75, 3.05) is 0 Å². The van der Waals surface area contributed by atoms with E-state index >= 15 is 0 Å². The summed E-state index contributed by atoms with van der Waals surface area (Å²) in [5.41, 5.74) is 0. The van der Waals surface area contributed by atoms with Gasteiger partial charge in [0.1, 0.15) is 0 Å². The summed E-state index contributed by atoms with van der Waals surface area (Å²) in [6.45, 7) is 6.30. The first kappa shape index (κ1) is 8.69. The lowest BCUT2D eigenvalue weighted by Crippen LogP contribution is -2.11. The molecule has 0 atom stereocenters. The molecule has 0 fully saturated rings. The molecule has 1 N–H and O–H groups in total. The summed E-state index contributed by atoms with van der Waals surface area (Å²) in [5, 5.41) is 8.60. The Morgan fingerprint density at radius 1 is 1.56 bits per heavy atom. The maximum absolute atomic E-state index is 10.1. The molecule has 0 radical (unpaired) electrons. The van der Waals surface area contributed by atoms with Gasteiger partial charge in [-0.05, 0) is 5.04 Å². The molecule has 2 nitrogen and oxygen atoms in total. The zero-order valence-electron chi connectivity index (χ0n) is 6.27. The van der Waals surface area contributed by atoms with E-state index < -0.39 is 15.5 Å². The SMILES string of the molecule is CC(C)(C)[SiH2]CC(=O)O. The molecular formula is C6H14O2Si. The maximum Gasteiger partial charge on any atom is 0.300 e. The van der Waals surface area contributed by atoms with Crippen molar-refractivity contribution in [3.8, 4) is 0 Å². The van der Waals surface area contributed by atoms with Crippen LogP contribution in [0, 0.1) is 0 Å². The number of carboxylic acid groups (broad SMARTS) is 1. The van der Waals surface area contributed by atoms with E-state index in [4.69, 9.17) is 5.11 Å². The van der Waals surface area contributed by atoms with E-state index in [-0.39, 0.29) is 0 Å². The fourth-order valence-electron chi connectivity index (χ4n) is 0.482. The van der Waals surface area contributed by atoms with E-state index in [0.717, 1.165) is 0 Å². The third kappa shape index (κ3) is 7.69. The lowest BCUT2D eigenvalue weighted by molar-refractivity contribution is -0.134. The van der Waals surface area contributed by atoms with Crippen LogP contribution in [0.25, 0.3) is 0 Å². The van der Waals surface area contributed by atoms with Gasteiger partial charge in [-0.2, -0.15) is 0 Å². The van der Waals surface area contributed by atoms with Crippen LogP contribution in [-0.2, 0) is 4.79 Å². The van der Waals surface area contributed by atoms with Crippen LogP contribution >= 0.6 is 0 Å². The van der Waals surface area contributed by atoms with Crippen molar-refractivity contribution < 1.29 is 9.90 Å². The highest BCUT2D eigenvalue weighted by Gasteiger charge is 2.12. The van der Waals surface area contributed by atoms with Crippen LogP contribution in [0.3, 0.4) is 0 Å². The number of carboxylic acids is 1. The van der Waals surface area contributed by atoms with Gasteiger partial charge in [-0.25, -0.2) is 0 Å². The Morgan fingerprint density at radius 3 is 2.11 bits per heavy atom. The van der Waals surface area contributed by atoms with Gasteiger partial charge in [0, 0.05) is 15.6 Å². The molecule has 0 amide bonds. The number of hydrogen-bond donors (Lipinski definition) is 1. The van der Waals surface area contributed by atoms with Crippen LogP contribution in [0.4, 0.5) is 0 Å². The summed E-state index contributed by atoms with van der Waals surface area (Å²) in [6.07, 6.45) is 0. The minimum atomic E-state index is -0.642. The average molecular weight is 146 g/mol. The molecule has 0 unspecified atom stereocenters. The molecular weight excluding hydrogens is 132 g/mol. The molecule has 0 aliphatic heterocycles. The molecule has 0 saturated heterocycles. The second-order valence-electron chi connectivity index (χ2n) is 3.45. The molecule has 0 rings (SSSR count). The molecule has 0 saturated carbocycles. The summed E-state index contributed by atoms with van der Waals surface area (Å²) in [7, 11) is -0.397. The van der Waals surface area contributed by atoms with E-state index in [9.17, 15) is 4.79 Å². The zero-order valence-corrected chi connectivity index (χ0v) is 7.68. The fraction of sp³-hybridized carbons (Fsp3) is 0.833. The quantitative estimate of drug-likeness (QED) is 0.587. The Labute approximate surface area is 58.1 Å². The summed E-state index contributed by atoms with van der Waals surface area (Å²) in [6, 6.07) is 0.420. The minimum Gasteiger partial charge on any atom is -0.481 e. The van der Waals surface area contributed by atoms with Gasteiger partial charge in [-0.1, -0.05) is 20.8 Å². The first-order valence-electron chi connectivity index (χ1n) is 3.13. The number of aliphatic carboxylic acids is 1. The summed E-state index contributed by atoms with van der Waals surface area (Å²) in [5.74, 6) is -0.642. The summed E-state index contributed by atoms with van der Waals surface area (Å²) >= 11 is 0. The highest BCUT2D eigenvalue weighted by atomic mass is 28.2. The van der Waals surface area contributed by atoms with Crippen LogP contribution < -0.4 is 0 Å². The molecule has 0 heterocycles. The lowest BCUT2D eigenvalue weighted by Gasteiger charge is -2.14. The van der Waals surface area contributed by atoms with Crippen molar-refractivity contribution in [3.05, 3.63) is 0 Å². The van der Waals surface area contributed by atoms with Gasteiger partial charge in [0.25, 0.3) is 5.97 Å². The summed E-state index contributed by atoms with van der Waals surface area (Å²) in [4.78, 5) is 10.1. The first-order chi connectivity index (χ1) is 3.92. The van der Waals surface area contributed by atoms with E-state index in [0.29, 0.717) is 11.1 Å². The van der Waals surface area contributed by atoms with E-state index in [2.05, 4.69) is 20.8 Å². The fourth-order valence-corrected chi connectivity index (χ4v) is 1.45. The number of hydrogen-bond acceptors (Lipinski definition) is 1. The van der Waals surface area contributed by atoms with Gasteiger partial charge in [-0.3, -0.25) is 4.79 Å². The average Bonchev–Trinajstić information content (AvgIpc) is 1.59. The Bertz CT molecular complexity index is 104. The molecule has 0 aliphatic carbocycles. The Kier molecular flexibility index (Phi) is 2.90. The van der Waals surface area contributed by atoms with Crippen LogP contribution in [0.1, 0.15) is 20.8 Å². The van der Waals surface area contributed by atoms with Crippen LogP contribution in [0.15, 0.2) is 0 Å². The van der Waals surface area contributed by atoms with E-state index in [1.54, 1.807) is 0 Å². The third-order valence-corrected chi connectivity index (χ3v) is 3.27. The van der Waals surface area contributed by atoms with Crippen LogP contribution in [0.5, 0.6) is 0 Å². The van der Waals surface area contributed by atoms with E-state index in [1.165, 1.54) is 0 Å². The van der Waals surface area contributed by atoms with Crippen molar-refractivity contribution in [1.29, 1.82) is 0 Å². The highest BCUT2D eigenvalue weighted by molar-refractivity contribution is 6.44. The molecule has 0 spiro atoms. The van der Waals surface area contributed by atoms with Gasteiger partial charge < -0.3 is 5.11 Å². The van der Waals surface area contributed by atoms with Gasteiger partial charge in [0.15, 0.2) is 0 Å². The monoisotopic (exact) mass is 146 g/mol. The smallest absolute Gasteiger partial charge is 0.300 e. The van der Waals surface area contributed by atoms with Gasteiger partial charge in [0.05, 0.1) is 0 Å². The highest BCUT2D eigenvalue weighted by Crippen LogP contribution is 2.20. The number of rotatable bonds is 2. The zero-order chi connectivity index (χ0) is 7.49. The van der Waals surface area contributed by atoms with Crippen LogP contribution in [0.2, 0.25) is 11.1 Å². The Morgan fingerprint density at radius 2 is 2.00 bits per heavy atom. The van der Waals surface area contributed by atoms with E-state index in [1.807, 2.05) is 0 Å². The molecule has 0 aliphatic rings. The minimum absolute atomic E-state index is 0.290. The van der Waals surface area contributed by atoms with Gasteiger partial charge in [0.2, 0.25) is 0 Å². The number of carbonyl (C=O) groups is 1. The van der Waals surface area contributed by atoms with Gasteiger partial charge in [-0.15, -0.1) is 0 Å². The first-order valence-corrected chi connectivity index (χ1v) is 4.84. The predicted molar refractivity (Wildman–Crippen MR) is 40.7 cm³/mol. The Balaban J connectivity index is 3.39. The van der Waals surface area contributed by atoms with Crippen molar-refractivity contribution in [1.82, 2.24) is 0 Å². The molecule has 0 aromatic rings. The van der Waals surface area contributed by atoms with Crippen LogP contribution in [-0.4, -0.2) is 20.6 Å². The normalized spacial score (nSPS) is 12.8. The standard InChI is InChI=1S/C6H14O2Si/c1-6(2,3)9-4-5(7)8/h4,9H2,1-3H3,(H,7,8). The lowest BCUT2D eigenvalue weighted by atomic mass is 10.3. The molecule has 54 valence electrons. The second kappa shape index (κ2) is 3.01. The predicted octanol–water partition coefficient (Wildman–Crippen LogP) is 0.876. The molecule has 0 aromatic carbocycles. The van der Waals surface area contributed by atoms with Crippen molar-refractivity contribution in [2.24, 2.45) is 0 Å². The molecule has 0 bridgehead atoms. The Hall–Kier alpha value is -0.313. The topological polar surface area (TPSA) is 37.3 Å². The van der Waals surface area contributed by atoms with Crippen molar-refractivity contribution >= 4 is 15.5 Å². The van der Waals surface area contributed by atoms with Gasteiger partial charge >= 0.3 is 0 Å². The third-order valence-electron chi connectivity index (χ3n) is 1.09. The maximum atomic E-state index is 10.1. The summed E-state index contributed by atoms with van der Waals surface area (Å²) < 4.78 is 0. The van der Waals surface area contributed by atoms with Crippen molar-refractivity contribution in [3.63, 3.8) is 0 Å². The van der Waals surface area contributed by atoms with Crippen molar-refractivity contribution in [2.45, 2.75) is 31.9 Å². The molecule has 3 heteroatoms. The molecule has 0 aromatic heterocycles. The largest absolute Gasteiger partial charge is 0.481 e.